The molecule has 0 radical (unpaired) electrons. The Balaban J connectivity index is 2.17. The van der Waals surface area contributed by atoms with Crippen LogP contribution in [0.5, 0.6) is 0 Å². The number of hydrogen-bond acceptors (Lipinski definition) is 3. The molecular formula is C18H29N3O. The van der Waals surface area contributed by atoms with E-state index in [1.54, 1.807) is 6.20 Å². The van der Waals surface area contributed by atoms with Gasteiger partial charge in [-0.3, -0.25) is 9.78 Å². The van der Waals surface area contributed by atoms with Gasteiger partial charge in [0.05, 0.1) is 12.2 Å². The van der Waals surface area contributed by atoms with Crippen LogP contribution >= 0.6 is 0 Å². The largest absolute Gasteiger partial charge is 0.334 e. The van der Waals surface area contributed by atoms with E-state index < -0.39 is 0 Å². The van der Waals surface area contributed by atoms with Crippen molar-refractivity contribution in [3.8, 4) is 0 Å². The third kappa shape index (κ3) is 4.54. The van der Waals surface area contributed by atoms with E-state index in [1.807, 2.05) is 25.1 Å². The minimum absolute atomic E-state index is 0.0555. The van der Waals surface area contributed by atoms with Crippen molar-refractivity contribution in [2.75, 3.05) is 13.1 Å². The lowest BCUT2D eigenvalue weighted by Gasteiger charge is -2.34. The van der Waals surface area contributed by atoms with Gasteiger partial charge in [-0.15, -0.1) is 0 Å². The number of pyridine rings is 1. The summed E-state index contributed by atoms with van der Waals surface area (Å²) in [5, 5.41) is 3.43. The molecule has 1 N–H and O–H groups in total. The van der Waals surface area contributed by atoms with Crippen LogP contribution in [-0.2, 0) is 11.3 Å². The molecule has 1 fully saturated rings. The van der Waals surface area contributed by atoms with Gasteiger partial charge >= 0.3 is 0 Å². The van der Waals surface area contributed by atoms with Gasteiger partial charge < -0.3 is 10.2 Å². The van der Waals surface area contributed by atoms with Gasteiger partial charge in [-0.25, -0.2) is 0 Å². The van der Waals surface area contributed by atoms with Gasteiger partial charge in [0.1, 0.15) is 0 Å². The highest BCUT2D eigenvalue weighted by atomic mass is 16.2. The van der Waals surface area contributed by atoms with Gasteiger partial charge in [0, 0.05) is 18.2 Å². The van der Waals surface area contributed by atoms with Crippen LogP contribution in [0, 0.1) is 11.8 Å². The molecule has 0 spiro atoms. The van der Waals surface area contributed by atoms with E-state index >= 15 is 0 Å². The number of aromatic nitrogens is 1. The first-order valence-corrected chi connectivity index (χ1v) is 8.50. The Bertz CT molecular complexity index is 453. The highest BCUT2D eigenvalue weighted by molar-refractivity contribution is 5.79. The second kappa shape index (κ2) is 8.28. The summed E-state index contributed by atoms with van der Waals surface area (Å²) in [6.45, 7) is 8.97. The minimum atomic E-state index is 0.0555. The van der Waals surface area contributed by atoms with E-state index in [4.69, 9.17) is 0 Å². The van der Waals surface area contributed by atoms with Gasteiger partial charge in [0.2, 0.25) is 5.91 Å². The average Bonchev–Trinajstić information content (AvgIpc) is 2.81. The number of nitrogens with zero attached hydrogens (tertiary/aromatic N) is 2. The molecule has 2 rings (SSSR count). The predicted octanol–water partition coefficient (Wildman–Crippen LogP) is 2.84. The molecule has 1 aliphatic heterocycles. The molecule has 22 heavy (non-hydrogen) atoms. The van der Waals surface area contributed by atoms with Crippen molar-refractivity contribution in [3.05, 3.63) is 30.1 Å². The van der Waals surface area contributed by atoms with Crippen molar-refractivity contribution in [2.45, 2.75) is 52.6 Å². The SMILES string of the molecule is CC(C)C(C)C(=O)N(Cc1ccccn1)C1CCCNCC1. The Morgan fingerprint density at radius 3 is 2.82 bits per heavy atom. The van der Waals surface area contributed by atoms with Crippen molar-refractivity contribution in [1.82, 2.24) is 15.2 Å². The minimum Gasteiger partial charge on any atom is -0.334 e. The zero-order valence-corrected chi connectivity index (χ0v) is 14.1. The standard InChI is InChI=1S/C18H29N3O/c1-14(2)15(3)18(22)21(13-16-7-4-5-11-20-16)17-8-6-10-19-12-9-17/h4-5,7,11,14-15,17,19H,6,8-10,12-13H2,1-3H3. The monoisotopic (exact) mass is 303 g/mol. The van der Waals surface area contributed by atoms with Crippen LogP contribution in [-0.4, -0.2) is 34.9 Å². The molecule has 1 amide bonds. The Labute approximate surface area is 134 Å². The summed E-state index contributed by atoms with van der Waals surface area (Å²) in [5.74, 6) is 0.690. The van der Waals surface area contributed by atoms with Crippen molar-refractivity contribution >= 4 is 5.91 Å². The van der Waals surface area contributed by atoms with Crippen molar-refractivity contribution in [3.63, 3.8) is 0 Å². The van der Waals surface area contributed by atoms with Crippen LogP contribution in [0.3, 0.4) is 0 Å². The maximum Gasteiger partial charge on any atom is 0.226 e. The van der Waals surface area contributed by atoms with Crippen LogP contribution in [0.2, 0.25) is 0 Å². The predicted molar refractivity (Wildman–Crippen MR) is 89.3 cm³/mol. The van der Waals surface area contributed by atoms with Crippen LogP contribution < -0.4 is 5.32 Å². The molecule has 2 heterocycles. The van der Waals surface area contributed by atoms with Crippen LogP contribution in [0.4, 0.5) is 0 Å². The number of rotatable bonds is 5. The van der Waals surface area contributed by atoms with Gasteiger partial charge in [-0.05, 0) is 50.4 Å². The van der Waals surface area contributed by atoms with E-state index in [0.29, 0.717) is 18.5 Å². The van der Waals surface area contributed by atoms with Crippen LogP contribution in [0.15, 0.2) is 24.4 Å². The maximum atomic E-state index is 13.0. The molecule has 0 bridgehead atoms. The zero-order chi connectivity index (χ0) is 15.9. The normalized spacial score (nSPS) is 20.5. The van der Waals surface area contributed by atoms with Gasteiger partial charge in [0.15, 0.2) is 0 Å². The fourth-order valence-electron chi connectivity index (χ4n) is 2.91. The number of carbonyl (C=O) groups excluding carboxylic acids is 1. The molecule has 4 nitrogen and oxygen atoms in total. The molecular weight excluding hydrogens is 274 g/mol. The lowest BCUT2D eigenvalue weighted by atomic mass is 9.94. The lowest BCUT2D eigenvalue weighted by Crippen LogP contribution is -2.44. The summed E-state index contributed by atoms with van der Waals surface area (Å²) in [5.41, 5.74) is 0.976. The topological polar surface area (TPSA) is 45.2 Å². The molecule has 1 aliphatic rings. The molecule has 2 unspecified atom stereocenters. The molecule has 2 atom stereocenters. The van der Waals surface area contributed by atoms with E-state index in [0.717, 1.165) is 38.0 Å². The molecule has 0 saturated carbocycles. The molecule has 1 saturated heterocycles. The van der Waals surface area contributed by atoms with Crippen molar-refractivity contribution in [1.29, 1.82) is 0 Å². The Hall–Kier alpha value is -1.42. The Morgan fingerprint density at radius 2 is 2.14 bits per heavy atom. The molecule has 0 aromatic carbocycles. The zero-order valence-electron chi connectivity index (χ0n) is 14.1. The second-order valence-electron chi connectivity index (χ2n) is 6.65. The highest BCUT2D eigenvalue weighted by Crippen LogP contribution is 2.22. The summed E-state index contributed by atoms with van der Waals surface area (Å²) in [7, 11) is 0. The maximum absolute atomic E-state index is 13.0. The number of amides is 1. The first-order chi connectivity index (χ1) is 10.6. The fourth-order valence-corrected chi connectivity index (χ4v) is 2.91. The molecule has 0 aliphatic carbocycles. The van der Waals surface area contributed by atoms with E-state index in [-0.39, 0.29) is 11.8 Å². The fraction of sp³-hybridized carbons (Fsp3) is 0.667. The van der Waals surface area contributed by atoms with Gasteiger partial charge in [-0.1, -0.05) is 26.8 Å². The van der Waals surface area contributed by atoms with Crippen molar-refractivity contribution < 1.29 is 4.79 Å². The summed E-state index contributed by atoms with van der Waals surface area (Å²) in [6, 6.07) is 6.24. The first-order valence-electron chi connectivity index (χ1n) is 8.50. The number of carbonyl (C=O) groups is 1. The van der Waals surface area contributed by atoms with E-state index in [1.165, 1.54) is 0 Å². The highest BCUT2D eigenvalue weighted by Gasteiger charge is 2.29. The summed E-state index contributed by atoms with van der Waals surface area (Å²) >= 11 is 0. The van der Waals surface area contributed by atoms with Gasteiger partial charge in [-0.2, -0.15) is 0 Å². The van der Waals surface area contributed by atoms with Crippen molar-refractivity contribution in [2.24, 2.45) is 11.8 Å². The number of nitrogens with one attached hydrogen (secondary N) is 1. The summed E-state index contributed by atoms with van der Waals surface area (Å²) in [6.07, 6.45) is 5.05. The lowest BCUT2D eigenvalue weighted by molar-refractivity contribution is -0.139. The average molecular weight is 303 g/mol. The van der Waals surface area contributed by atoms with E-state index in [9.17, 15) is 4.79 Å². The number of hydrogen-bond donors (Lipinski definition) is 1. The second-order valence-corrected chi connectivity index (χ2v) is 6.65. The summed E-state index contributed by atoms with van der Waals surface area (Å²) in [4.78, 5) is 19.5. The smallest absolute Gasteiger partial charge is 0.226 e. The molecule has 1 aromatic rings. The van der Waals surface area contributed by atoms with E-state index in [2.05, 4.69) is 29.0 Å². The van der Waals surface area contributed by atoms with Crippen LogP contribution in [0.1, 0.15) is 45.7 Å². The van der Waals surface area contributed by atoms with Gasteiger partial charge in [0.25, 0.3) is 0 Å². The Kier molecular flexibility index (Phi) is 6.37. The molecule has 4 heteroatoms. The molecule has 122 valence electrons. The summed E-state index contributed by atoms with van der Waals surface area (Å²) < 4.78 is 0. The third-order valence-electron chi connectivity index (χ3n) is 4.72. The van der Waals surface area contributed by atoms with Crippen LogP contribution in [0.25, 0.3) is 0 Å². The molecule has 1 aromatic heterocycles. The Morgan fingerprint density at radius 1 is 1.32 bits per heavy atom. The first kappa shape index (κ1) is 16.9. The third-order valence-corrected chi connectivity index (χ3v) is 4.72. The quantitative estimate of drug-likeness (QED) is 0.910.